The van der Waals surface area contributed by atoms with Gasteiger partial charge in [-0.1, -0.05) is 35.4 Å². The Morgan fingerprint density at radius 1 is 1.38 bits per heavy atom. The lowest BCUT2D eigenvalue weighted by Crippen LogP contribution is -2.50. The molecule has 114 valence electrons. The number of nitrogens with zero attached hydrogens (tertiary/aromatic N) is 1. The van der Waals surface area contributed by atoms with Crippen LogP contribution in [0.1, 0.15) is 23.2 Å². The number of amides is 1. The lowest BCUT2D eigenvalue weighted by Gasteiger charge is -2.40. The van der Waals surface area contributed by atoms with Crippen molar-refractivity contribution in [2.45, 2.75) is 17.6 Å². The number of thiocarbonyl (C=S) groups is 1. The molecule has 1 heterocycles. The van der Waals surface area contributed by atoms with Gasteiger partial charge in [-0.2, -0.15) is 11.8 Å². The second-order valence-corrected chi connectivity index (χ2v) is 7.45. The predicted octanol–water partition coefficient (Wildman–Crippen LogP) is 3.62. The van der Waals surface area contributed by atoms with Gasteiger partial charge >= 0.3 is 0 Å². The maximum absolute atomic E-state index is 12.5. The molecule has 0 bridgehead atoms. The van der Waals surface area contributed by atoms with Gasteiger partial charge < -0.3 is 10.6 Å². The zero-order chi connectivity index (χ0) is 15.6. The molecular formula is C14H16Cl2N2OS2. The first-order valence-electron chi connectivity index (χ1n) is 6.49. The Labute approximate surface area is 144 Å². The fourth-order valence-corrected chi connectivity index (χ4v) is 4.19. The molecule has 0 spiro atoms. The predicted molar refractivity (Wildman–Crippen MR) is 94.6 cm³/mol. The molecule has 0 atom stereocenters. The zero-order valence-electron chi connectivity index (χ0n) is 11.6. The molecule has 21 heavy (non-hydrogen) atoms. The van der Waals surface area contributed by atoms with E-state index >= 15 is 0 Å². The lowest BCUT2D eigenvalue weighted by molar-refractivity contribution is 0.0719. The smallest absolute Gasteiger partial charge is 0.255 e. The maximum atomic E-state index is 12.5. The molecule has 1 aromatic rings. The first-order chi connectivity index (χ1) is 9.89. The van der Waals surface area contributed by atoms with Gasteiger partial charge in [-0.25, -0.2) is 0 Å². The number of carbonyl (C=O) groups is 1. The molecule has 1 fully saturated rings. The molecule has 2 rings (SSSR count). The summed E-state index contributed by atoms with van der Waals surface area (Å²) < 4.78 is -0.199. The summed E-state index contributed by atoms with van der Waals surface area (Å²) in [5.74, 6) is -0.0747. The van der Waals surface area contributed by atoms with Gasteiger partial charge in [0, 0.05) is 18.1 Å². The van der Waals surface area contributed by atoms with Crippen LogP contribution in [0.4, 0.5) is 0 Å². The number of hydrogen-bond acceptors (Lipinski definition) is 3. The fraction of sp³-hybridized carbons (Fsp3) is 0.429. The van der Waals surface area contributed by atoms with E-state index in [2.05, 4.69) is 0 Å². The summed E-state index contributed by atoms with van der Waals surface area (Å²) in [5.41, 5.74) is 6.34. The normalized spacial score (nSPS) is 17.6. The average Bonchev–Trinajstić information content (AvgIpc) is 2.46. The van der Waals surface area contributed by atoms with Crippen molar-refractivity contribution in [1.29, 1.82) is 0 Å². The van der Waals surface area contributed by atoms with Crippen LogP contribution in [0.2, 0.25) is 10.0 Å². The van der Waals surface area contributed by atoms with E-state index in [4.69, 9.17) is 41.2 Å². The zero-order valence-corrected chi connectivity index (χ0v) is 14.7. The highest BCUT2D eigenvalue weighted by molar-refractivity contribution is 8.02. The Morgan fingerprint density at radius 3 is 2.48 bits per heavy atom. The summed E-state index contributed by atoms with van der Waals surface area (Å²) in [6.07, 6.45) is 3.54. The van der Waals surface area contributed by atoms with Crippen LogP contribution in [0.15, 0.2) is 18.2 Å². The third-order valence-corrected chi connectivity index (χ3v) is 6.34. The van der Waals surface area contributed by atoms with E-state index in [0.29, 0.717) is 33.7 Å². The van der Waals surface area contributed by atoms with Crippen molar-refractivity contribution in [1.82, 2.24) is 4.90 Å². The third kappa shape index (κ3) is 3.47. The van der Waals surface area contributed by atoms with Crippen LogP contribution in [0.5, 0.6) is 0 Å². The van der Waals surface area contributed by atoms with Crippen LogP contribution < -0.4 is 5.73 Å². The summed E-state index contributed by atoms with van der Waals surface area (Å²) >= 11 is 18.8. The maximum Gasteiger partial charge on any atom is 0.255 e. The van der Waals surface area contributed by atoms with E-state index in [9.17, 15) is 4.79 Å². The van der Waals surface area contributed by atoms with E-state index in [1.165, 1.54) is 0 Å². The molecular weight excluding hydrogens is 347 g/mol. The van der Waals surface area contributed by atoms with Crippen LogP contribution >= 0.6 is 47.2 Å². The average molecular weight is 363 g/mol. The number of piperidine rings is 1. The SMILES string of the molecule is CSC1(C(N)=S)CCN(C(=O)c2ccc(Cl)cc2Cl)CC1. The minimum Gasteiger partial charge on any atom is -0.392 e. The van der Waals surface area contributed by atoms with Gasteiger partial charge in [0.15, 0.2) is 0 Å². The summed E-state index contributed by atoms with van der Waals surface area (Å²) in [6, 6.07) is 4.92. The van der Waals surface area contributed by atoms with Crippen LogP contribution in [-0.4, -0.2) is 39.9 Å². The highest BCUT2D eigenvalue weighted by Gasteiger charge is 2.38. The summed E-state index contributed by atoms with van der Waals surface area (Å²) in [7, 11) is 0. The largest absolute Gasteiger partial charge is 0.392 e. The molecule has 3 nitrogen and oxygen atoms in total. The number of nitrogens with two attached hydrogens (primary N) is 1. The number of rotatable bonds is 3. The van der Waals surface area contributed by atoms with Gasteiger partial charge in [0.25, 0.3) is 5.91 Å². The highest BCUT2D eigenvalue weighted by atomic mass is 35.5. The quantitative estimate of drug-likeness (QED) is 0.834. The fourth-order valence-electron chi connectivity index (χ4n) is 2.46. The van der Waals surface area contributed by atoms with Crippen molar-refractivity contribution >= 4 is 58.1 Å². The van der Waals surface area contributed by atoms with Gasteiger partial charge in [-0.05, 0) is 37.3 Å². The second-order valence-electron chi connectivity index (χ2n) is 4.98. The van der Waals surface area contributed by atoms with Crippen molar-refractivity contribution in [3.63, 3.8) is 0 Å². The molecule has 0 aliphatic carbocycles. The minimum absolute atomic E-state index is 0.0747. The molecule has 7 heteroatoms. The summed E-state index contributed by atoms with van der Waals surface area (Å²) in [6.45, 7) is 1.24. The van der Waals surface area contributed by atoms with Crippen molar-refractivity contribution in [2.75, 3.05) is 19.3 Å². The topological polar surface area (TPSA) is 46.3 Å². The molecule has 1 amide bonds. The highest BCUT2D eigenvalue weighted by Crippen LogP contribution is 2.35. The van der Waals surface area contributed by atoms with Gasteiger partial charge in [0.05, 0.1) is 20.3 Å². The Bertz CT molecular complexity index is 572. The molecule has 1 aliphatic rings. The minimum atomic E-state index is -0.199. The molecule has 1 aliphatic heterocycles. The number of hydrogen-bond donors (Lipinski definition) is 1. The Hall–Kier alpha value is -0.490. The number of thioether (sulfide) groups is 1. The molecule has 0 unspecified atom stereocenters. The summed E-state index contributed by atoms with van der Waals surface area (Å²) in [4.78, 5) is 14.8. The van der Waals surface area contributed by atoms with E-state index in [0.717, 1.165) is 12.8 Å². The van der Waals surface area contributed by atoms with E-state index in [1.807, 2.05) is 6.26 Å². The van der Waals surface area contributed by atoms with E-state index in [-0.39, 0.29) is 10.7 Å². The Balaban J connectivity index is 2.12. The molecule has 0 aromatic heterocycles. The van der Waals surface area contributed by atoms with Gasteiger partial charge in [0.2, 0.25) is 0 Å². The monoisotopic (exact) mass is 362 g/mol. The standard InChI is InChI=1S/C14H16Cl2N2OS2/c1-21-14(13(17)20)4-6-18(7-5-14)12(19)10-3-2-9(15)8-11(10)16/h2-3,8H,4-7H2,1H3,(H2,17,20). The first kappa shape index (κ1) is 16.9. The van der Waals surface area contributed by atoms with E-state index < -0.39 is 0 Å². The van der Waals surface area contributed by atoms with Gasteiger partial charge in [0.1, 0.15) is 0 Å². The number of benzene rings is 1. The number of likely N-dealkylation sites (tertiary alicyclic amines) is 1. The number of carbonyl (C=O) groups excluding carboxylic acids is 1. The van der Waals surface area contributed by atoms with Crippen molar-refractivity contribution < 1.29 is 4.79 Å². The molecule has 2 N–H and O–H groups in total. The second kappa shape index (κ2) is 6.73. The van der Waals surface area contributed by atoms with Crippen LogP contribution in [-0.2, 0) is 0 Å². The van der Waals surface area contributed by atoms with Crippen LogP contribution in [0.25, 0.3) is 0 Å². The van der Waals surface area contributed by atoms with Crippen LogP contribution in [0, 0.1) is 0 Å². The third-order valence-electron chi connectivity index (χ3n) is 3.86. The molecule has 0 radical (unpaired) electrons. The summed E-state index contributed by atoms with van der Waals surface area (Å²) in [5, 5.41) is 0.897. The van der Waals surface area contributed by atoms with Crippen LogP contribution in [0.3, 0.4) is 0 Å². The van der Waals surface area contributed by atoms with Gasteiger partial charge in [-0.15, -0.1) is 0 Å². The lowest BCUT2D eigenvalue weighted by atomic mass is 9.95. The molecule has 1 aromatic carbocycles. The van der Waals surface area contributed by atoms with Crippen molar-refractivity contribution in [2.24, 2.45) is 5.73 Å². The van der Waals surface area contributed by atoms with Crippen molar-refractivity contribution in [3.8, 4) is 0 Å². The Morgan fingerprint density at radius 2 is 2.00 bits per heavy atom. The Kier molecular flexibility index (Phi) is 5.41. The van der Waals surface area contributed by atoms with E-state index in [1.54, 1.807) is 34.9 Å². The van der Waals surface area contributed by atoms with Gasteiger partial charge in [-0.3, -0.25) is 4.79 Å². The first-order valence-corrected chi connectivity index (χ1v) is 8.88. The van der Waals surface area contributed by atoms with Crippen molar-refractivity contribution in [3.05, 3.63) is 33.8 Å². The molecule has 1 saturated heterocycles. The molecule has 0 saturated carbocycles. The number of halogens is 2.